The molecule has 1 amide bonds. The number of aliphatic hydroxyl groups excluding tert-OH is 2. The normalized spacial score (nSPS) is 12.6. The van der Waals surface area contributed by atoms with Crippen molar-refractivity contribution in [2.75, 3.05) is 13.2 Å². The Bertz CT molecular complexity index is 1000. The van der Waals surface area contributed by atoms with Gasteiger partial charge in [0, 0.05) is 12.8 Å². The van der Waals surface area contributed by atoms with Gasteiger partial charge in [0.25, 0.3) is 0 Å². The van der Waals surface area contributed by atoms with Crippen LogP contribution in [-0.4, -0.2) is 47.4 Å². The van der Waals surface area contributed by atoms with Crippen LogP contribution < -0.4 is 5.32 Å². The molecular weight excluding hydrogens is 827 g/mol. The number of aliphatic hydroxyl groups is 2. The van der Waals surface area contributed by atoms with Crippen molar-refractivity contribution in [2.45, 2.75) is 353 Å². The number of esters is 1. The predicted octanol–water partition coefficient (Wildman–Crippen LogP) is 18.9. The summed E-state index contributed by atoms with van der Waals surface area (Å²) in [5, 5.41) is 23.3. The average Bonchev–Trinajstić information content (AvgIpc) is 3.33. The first-order chi connectivity index (χ1) is 33.0. The number of amides is 1. The van der Waals surface area contributed by atoms with Crippen LogP contribution in [0.3, 0.4) is 0 Å². The fourth-order valence-corrected chi connectivity index (χ4v) is 9.64. The number of rotatable bonds is 57. The summed E-state index contributed by atoms with van der Waals surface area (Å²) in [5.41, 5.74) is 0. The topological polar surface area (TPSA) is 95.9 Å². The molecule has 0 aliphatic rings. The Balaban J connectivity index is 3.47. The molecule has 0 aliphatic carbocycles. The van der Waals surface area contributed by atoms with E-state index in [0.29, 0.717) is 25.9 Å². The highest BCUT2D eigenvalue weighted by atomic mass is 16.5. The number of carbonyl (C=O) groups is 2. The SMILES string of the molecule is CCCCCCCCCCCCCCCCCCCCCCCCCC(O)C(CO)NC(=O)CCCCC/C=C\CCCCCCCCOC(=O)CCCCCCCCCCCCCCCC. The predicted molar refractivity (Wildman–Crippen MR) is 292 cm³/mol. The van der Waals surface area contributed by atoms with Gasteiger partial charge in [-0.1, -0.05) is 289 Å². The fourth-order valence-electron chi connectivity index (χ4n) is 9.64. The molecule has 0 fully saturated rings. The number of allylic oxidation sites excluding steroid dienone is 2. The first kappa shape index (κ1) is 65.6. The summed E-state index contributed by atoms with van der Waals surface area (Å²) in [5.74, 6) is -0.0699. The molecule has 0 saturated heterocycles. The highest BCUT2D eigenvalue weighted by Gasteiger charge is 2.20. The second-order valence-corrected chi connectivity index (χ2v) is 21.0. The van der Waals surface area contributed by atoms with Crippen molar-refractivity contribution in [1.82, 2.24) is 5.32 Å². The molecule has 398 valence electrons. The Morgan fingerprint density at radius 3 is 1.07 bits per heavy atom. The average molecular weight is 947 g/mol. The molecule has 0 aromatic heterocycles. The number of unbranched alkanes of at least 4 members (excludes halogenated alkanes) is 44. The van der Waals surface area contributed by atoms with Gasteiger partial charge in [0.1, 0.15) is 0 Å². The number of carbonyl (C=O) groups excluding carboxylic acids is 2. The zero-order valence-corrected chi connectivity index (χ0v) is 45.4. The van der Waals surface area contributed by atoms with Crippen molar-refractivity contribution >= 4 is 11.9 Å². The Labute approximate surface area is 419 Å². The van der Waals surface area contributed by atoms with E-state index in [1.54, 1.807) is 0 Å². The summed E-state index contributed by atoms with van der Waals surface area (Å²) < 4.78 is 5.47. The second-order valence-electron chi connectivity index (χ2n) is 21.0. The molecule has 0 aromatic carbocycles. The van der Waals surface area contributed by atoms with Crippen LogP contribution in [0.1, 0.15) is 341 Å². The minimum atomic E-state index is -0.682. The van der Waals surface area contributed by atoms with Crippen molar-refractivity contribution in [3.8, 4) is 0 Å². The molecule has 3 N–H and O–H groups in total. The van der Waals surface area contributed by atoms with Crippen molar-refractivity contribution in [3.63, 3.8) is 0 Å². The van der Waals surface area contributed by atoms with Crippen LogP contribution in [0, 0.1) is 0 Å². The van der Waals surface area contributed by atoms with Crippen molar-refractivity contribution in [1.29, 1.82) is 0 Å². The molecule has 2 atom stereocenters. The Hall–Kier alpha value is -1.40. The van der Waals surface area contributed by atoms with Crippen LogP contribution in [0.5, 0.6) is 0 Å². The smallest absolute Gasteiger partial charge is 0.305 e. The van der Waals surface area contributed by atoms with Crippen molar-refractivity contribution < 1.29 is 24.5 Å². The number of nitrogens with one attached hydrogen (secondary N) is 1. The monoisotopic (exact) mass is 946 g/mol. The molecule has 6 heteroatoms. The maximum atomic E-state index is 12.5. The molecule has 0 heterocycles. The van der Waals surface area contributed by atoms with E-state index in [2.05, 4.69) is 31.3 Å². The van der Waals surface area contributed by atoms with E-state index in [0.717, 1.165) is 70.6 Å². The first-order valence-electron chi connectivity index (χ1n) is 30.4. The molecular formula is C61H119NO5. The summed E-state index contributed by atoms with van der Waals surface area (Å²) >= 11 is 0. The number of hydrogen-bond donors (Lipinski definition) is 3. The van der Waals surface area contributed by atoms with Gasteiger partial charge in [-0.3, -0.25) is 9.59 Å². The molecule has 2 unspecified atom stereocenters. The standard InChI is InChI=1S/C61H119NO5/c1-3-5-7-9-11-13-15-17-19-20-21-22-23-24-25-26-27-29-33-37-41-45-49-53-59(64)58(57-63)62-60(65)54-50-46-42-38-34-30-28-32-36-40-44-48-52-56-67-61(66)55-51-47-43-39-35-31-18-16-14-12-10-8-6-4-2/h30,34,58-59,63-64H,3-29,31-33,35-57H2,1-2H3,(H,62,65)/b34-30-. The molecule has 0 bridgehead atoms. The second kappa shape index (κ2) is 57.2. The summed E-state index contributed by atoms with van der Waals surface area (Å²) in [6, 6.07) is -0.562. The van der Waals surface area contributed by atoms with Crippen molar-refractivity contribution in [2.24, 2.45) is 0 Å². The van der Waals surface area contributed by atoms with Crippen LogP contribution in [-0.2, 0) is 14.3 Å². The van der Waals surface area contributed by atoms with E-state index >= 15 is 0 Å². The highest BCUT2D eigenvalue weighted by molar-refractivity contribution is 5.76. The molecule has 0 saturated carbocycles. The number of ether oxygens (including phenoxy) is 1. The van der Waals surface area contributed by atoms with Crippen LogP contribution in [0.2, 0.25) is 0 Å². The van der Waals surface area contributed by atoms with Crippen LogP contribution in [0.25, 0.3) is 0 Å². The van der Waals surface area contributed by atoms with E-state index in [4.69, 9.17) is 4.74 Å². The summed E-state index contributed by atoms with van der Waals surface area (Å²) in [6.07, 6.45) is 67.8. The molecule has 0 spiro atoms. The molecule has 0 radical (unpaired) electrons. The molecule has 0 aliphatic heterocycles. The zero-order chi connectivity index (χ0) is 48.6. The van der Waals surface area contributed by atoms with Gasteiger partial charge in [0.15, 0.2) is 0 Å². The maximum Gasteiger partial charge on any atom is 0.305 e. The lowest BCUT2D eigenvalue weighted by Crippen LogP contribution is -2.45. The lowest BCUT2D eigenvalue weighted by Gasteiger charge is -2.22. The quantitative estimate of drug-likeness (QED) is 0.0321. The highest BCUT2D eigenvalue weighted by Crippen LogP contribution is 2.18. The number of hydrogen-bond acceptors (Lipinski definition) is 5. The van der Waals surface area contributed by atoms with Gasteiger partial charge in [-0.25, -0.2) is 0 Å². The van der Waals surface area contributed by atoms with Gasteiger partial charge >= 0.3 is 5.97 Å². The third-order valence-electron chi connectivity index (χ3n) is 14.3. The Morgan fingerprint density at radius 2 is 0.701 bits per heavy atom. The lowest BCUT2D eigenvalue weighted by atomic mass is 10.0. The van der Waals surface area contributed by atoms with E-state index in [1.165, 1.54) is 238 Å². The van der Waals surface area contributed by atoms with Gasteiger partial charge in [-0.15, -0.1) is 0 Å². The summed E-state index contributed by atoms with van der Waals surface area (Å²) in [4.78, 5) is 24.5. The van der Waals surface area contributed by atoms with Crippen LogP contribution >= 0.6 is 0 Å². The van der Waals surface area contributed by atoms with Crippen molar-refractivity contribution in [3.05, 3.63) is 12.2 Å². The van der Waals surface area contributed by atoms with Gasteiger partial charge < -0.3 is 20.3 Å². The third-order valence-corrected chi connectivity index (χ3v) is 14.3. The molecule has 0 rings (SSSR count). The van der Waals surface area contributed by atoms with E-state index < -0.39 is 12.1 Å². The fraction of sp³-hybridized carbons (Fsp3) is 0.934. The Kier molecular flexibility index (Phi) is 56.0. The van der Waals surface area contributed by atoms with Gasteiger partial charge in [-0.2, -0.15) is 0 Å². The summed E-state index contributed by atoms with van der Waals surface area (Å²) in [6.45, 7) is 4.94. The first-order valence-corrected chi connectivity index (χ1v) is 30.4. The molecule has 6 nitrogen and oxygen atoms in total. The Morgan fingerprint density at radius 1 is 0.403 bits per heavy atom. The van der Waals surface area contributed by atoms with Gasteiger partial charge in [0.2, 0.25) is 5.91 Å². The van der Waals surface area contributed by atoms with Gasteiger partial charge in [-0.05, 0) is 51.4 Å². The van der Waals surface area contributed by atoms with Crippen LogP contribution in [0.4, 0.5) is 0 Å². The van der Waals surface area contributed by atoms with E-state index in [9.17, 15) is 19.8 Å². The largest absolute Gasteiger partial charge is 0.466 e. The minimum Gasteiger partial charge on any atom is -0.466 e. The van der Waals surface area contributed by atoms with Gasteiger partial charge in [0.05, 0.1) is 25.4 Å². The molecule has 67 heavy (non-hydrogen) atoms. The summed E-state index contributed by atoms with van der Waals surface area (Å²) in [7, 11) is 0. The van der Waals surface area contributed by atoms with E-state index in [-0.39, 0.29) is 18.5 Å². The zero-order valence-electron chi connectivity index (χ0n) is 45.4. The minimum absolute atomic E-state index is 0.00916. The maximum absolute atomic E-state index is 12.5. The molecule has 0 aromatic rings. The van der Waals surface area contributed by atoms with E-state index in [1.807, 2.05) is 0 Å². The lowest BCUT2D eigenvalue weighted by molar-refractivity contribution is -0.143. The van der Waals surface area contributed by atoms with Crippen LogP contribution in [0.15, 0.2) is 12.2 Å². The third kappa shape index (κ3) is 53.8.